The number of anilines is 1. The van der Waals surface area contributed by atoms with Gasteiger partial charge in [0.15, 0.2) is 23.9 Å². The Balaban J connectivity index is 1.28. The van der Waals surface area contributed by atoms with Gasteiger partial charge in [-0.15, -0.1) is 0 Å². The highest BCUT2D eigenvalue weighted by molar-refractivity contribution is 7.92. The monoisotopic (exact) mass is 743 g/mol. The van der Waals surface area contributed by atoms with Crippen LogP contribution in [-0.2, 0) is 42.1 Å². The molecule has 5 rings (SSSR count). The molecule has 2 aliphatic rings. The van der Waals surface area contributed by atoms with Gasteiger partial charge in [-0.3, -0.25) is 14.3 Å². The van der Waals surface area contributed by atoms with Crippen molar-refractivity contribution in [2.45, 2.75) is 57.8 Å². The van der Waals surface area contributed by atoms with Crippen molar-refractivity contribution in [2.24, 2.45) is 11.8 Å². The summed E-state index contributed by atoms with van der Waals surface area (Å²) in [6, 6.07) is 8.81. The normalized spacial score (nSPS) is 15.0. The van der Waals surface area contributed by atoms with Gasteiger partial charge in [-0.05, 0) is 72.9 Å². The van der Waals surface area contributed by atoms with Crippen LogP contribution in [0.5, 0.6) is 17.2 Å². The fraction of sp³-hybridized carbons (Fsp3) is 0.424. The number of esters is 2. The average Bonchev–Trinajstić information content (AvgIpc) is 3.96. The maximum atomic E-state index is 13.1. The van der Waals surface area contributed by atoms with Crippen molar-refractivity contribution in [3.05, 3.63) is 75.5 Å². The highest BCUT2D eigenvalue weighted by atomic mass is 35.5. The van der Waals surface area contributed by atoms with Gasteiger partial charge in [0, 0.05) is 12.0 Å². The van der Waals surface area contributed by atoms with Crippen molar-refractivity contribution >= 4 is 50.9 Å². The number of sulfonamides is 1. The van der Waals surface area contributed by atoms with Gasteiger partial charge in [-0.2, -0.15) is 8.78 Å². The van der Waals surface area contributed by atoms with Gasteiger partial charge < -0.3 is 23.7 Å². The Morgan fingerprint density at radius 1 is 0.918 bits per heavy atom. The van der Waals surface area contributed by atoms with Crippen LogP contribution in [0.2, 0.25) is 10.0 Å². The molecule has 0 spiro atoms. The van der Waals surface area contributed by atoms with E-state index in [2.05, 4.69) is 14.4 Å². The number of alkyl halides is 2. The molecule has 2 aliphatic carbocycles. The van der Waals surface area contributed by atoms with Crippen molar-refractivity contribution in [3.63, 3.8) is 0 Å². The quantitative estimate of drug-likeness (QED) is 0.117. The lowest BCUT2D eigenvalue weighted by Gasteiger charge is -2.21. The fourth-order valence-corrected chi connectivity index (χ4v) is 5.79. The molecule has 1 atom stereocenters. The Hall–Kier alpha value is -3.88. The van der Waals surface area contributed by atoms with Crippen LogP contribution >= 0.6 is 23.2 Å². The first kappa shape index (κ1) is 36.4. The lowest BCUT2D eigenvalue weighted by atomic mass is 10.0. The van der Waals surface area contributed by atoms with Crippen molar-refractivity contribution in [2.75, 3.05) is 24.2 Å². The second-order valence-electron chi connectivity index (χ2n) is 11.9. The third-order valence-corrected chi connectivity index (χ3v) is 8.85. The zero-order chi connectivity index (χ0) is 35.1. The predicted molar refractivity (Wildman–Crippen MR) is 174 cm³/mol. The minimum absolute atomic E-state index is 0.0260. The predicted octanol–water partition coefficient (Wildman–Crippen LogP) is 6.32. The highest BCUT2D eigenvalue weighted by Crippen LogP contribution is 2.38. The number of hydrogen-bond acceptors (Lipinski definition) is 9. The molecule has 3 aromatic rings. The molecule has 1 heterocycles. The Labute approximate surface area is 292 Å². The highest BCUT2D eigenvalue weighted by Gasteiger charge is 2.27. The molecular weight excluding hydrogens is 709 g/mol. The Bertz CT molecular complexity index is 1750. The van der Waals surface area contributed by atoms with Crippen LogP contribution in [0.25, 0.3) is 0 Å². The number of hydrogen-bond donors (Lipinski definition) is 1. The summed E-state index contributed by atoms with van der Waals surface area (Å²) in [5, 5.41) is 0.517. The first-order valence-corrected chi connectivity index (χ1v) is 18.1. The zero-order valence-corrected chi connectivity index (χ0v) is 28.7. The number of halogens is 4. The molecule has 0 aliphatic heterocycles. The molecule has 11 nitrogen and oxygen atoms in total. The van der Waals surface area contributed by atoms with Gasteiger partial charge in [0.05, 0.1) is 25.2 Å². The SMILES string of the molecule is CS(=O)(=O)Nc1ccc(COC(=O)CC(=O)O[C@@H](Cc2c(Cl)c[nH+]cc2Cl)c2ccc(OC(F)F)c(OCC3CC3)c2)cc1OCC1CC1. The van der Waals surface area contributed by atoms with E-state index < -0.39 is 41.1 Å². The molecular formula is C33H35Cl2F2N2O9S+. The molecule has 2 aromatic carbocycles. The van der Waals surface area contributed by atoms with Crippen molar-refractivity contribution in [3.8, 4) is 17.2 Å². The number of carbonyl (C=O) groups excluding carboxylic acids is 2. The standard InChI is InChI=1S/C33H34Cl2F2N2O9S/c1-49(42,43)39-26-8-6-21(10-29(26)44-16-19-2-3-19)18-46-31(40)13-32(41)47-28(12-23-24(34)14-38-15-25(23)35)22-7-9-27(48-33(36)37)30(11-22)45-17-20-4-5-20/h6-11,14-15,19-20,28,33,39H,2-5,12-13,16-18H2,1H3/p+1/t28-/m0/s1. The molecule has 0 amide bonds. The third kappa shape index (κ3) is 11.6. The zero-order valence-electron chi connectivity index (χ0n) is 26.4. The molecule has 2 N–H and O–H groups in total. The van der Waals surface area contributed by atoms with Crippen LogP contribution in [0.15, 0.2) is 48.8 Å². The van der Waals surface area contributed by atoms with Crippen LogP contribution in [0.4, 0.5) is 14.5 Å². The maximum Gasteiger partial charge on any atom is 0.387 e. The van der Waals surface area contributed by atoms with Crippen LogP contribution in [0, 0.1) is 11.8 Å². The molecule has 1 aromatic heterocycles. The van der Waals surface area contributed by atoms with Crippen LogP contribution in [0.3, 0.4) is 0 Å². The minimum Gasteiger partial charge on any atom is -0.491 e. The summed E-state index contributed by atoms with van der Waals surface area (Å²) >= 11 is 12.8. The molecule has 264 valence electrons. The van der Waals surface area contributed by atoms with E-state index in [4.69, 9.17) is 42.1 Å². The van der Waals surface area contributed by atoms with Crippen LogP contribution in [0.1, 0.15) is 54.9 Å². The van der Waals surface area contributed by atoms with Gasteiger partial charge in [0.2, 0.25) is 10.0 Å². The Kier molecular flexibility index (Phi) is 12.0. The van der Waals surface area contributed by atoms with Crippen LogP contribution < -0.4 is 23.9 Å². The van der Waals surface area contributed by atoms with E-state index in [-0.39, 0.29) is 46.0 Å². The summed E-state index contributed by atoms with van der Waals surface area (Å²) < 4.78 is 79.5. The molecule has 0 saturated heterocycles. The van der Waals surface area contributed by atoms with Gasteiger partial charge in [0.1, 0.15) is 34.9 Å². The summed E-state index contributed by atoms with van der Waals surface area (Å²) in [6.07, 6.45) is 6.15. The number of aromatic nitrogens is 1. The third-order valence-electron chi connectivity index (χ3n) is 7.59. The van der Waals surface area contributed by atoms with E-state index >= 15 is 0 Å². The number of benzene rings is 2. The number of aromatic amines is 1. The lowest BCUT2D eigenvalue weighted by Crippen LogP contribution is -2.19. The summed E-state index contributed by atoms with van der Waals surface area (Å²) in [5.41, 5.74) is 1.54. The topological polar surface area (TPSA) is 141 Å². The van der Waals surface area contributed by atoms with E-state index in [1.807, 2.05) is 0 Å². The summed E-state index contributed by atoms with van der Waals surface area (Å²) in [4.78, 5) is 28.6. The number of H-pyrrole nitrogens is 1. The average molecular weight is 745 g/mol. The van der Waals surface area contributed by atoms with E-state index in [0.717, 1.165) is 31.9 Å². The second kappa shape index (κ2) is 16.2. The van der Waals surface area contributed by atoms with Crippen molar-refractivity contribution in [1.82, 2.24) is 0 Å². The summed E-state index contributed by atoms with van der Waals surface area (Å²) in [6.45, 7) is -2.59. The van der Waals surface area contributed by atoms with Gasteiger partial charge in [-0.25, -0.2) is 13.4 Å². The molecule has 16 heteroatoms. The molecule has 0 unspecified atom stereocenters. The molecule has 49 heavy (non-hydrogen) atoms. The summed E-state index contributed by atoms with van der Waals surface area (Å²) in [5.74, 6) is -0.956. The molecule has 0 bridgehead atoms. The van der Waals surface area contributed by atoms with Gasteiger partial charge in [-0.1, -0.05) is 35.3 Å². The van der Waals surface area contributed by atoms with Gasteiger partial charge >= 0.3 is 18.6 Å². The number of pyridine rings is 1. The van der Waals surface area contributed by atoms with Crippen molar-refractivity contribution < 1.29 is 55.5 Å². The second-order valence-corrected chi connectivity index (χ2v) is 14.5. The van der Waals surface area contributed by atoms with E-state index in [1.165, 1.54) is 36.7 Å². The minimum atomic E-state index is -3.57. The first-order chi connectivity index (χ1) is 23.3. The Morgan fingerprint density at radius 2 is 1.57 bits per heavy atom. The van der Waals surface area contributed by atoms with E-state index in [0.29, 0.717) is 41.7 Å². The van der Waals surface area contributed by atoms with Crippen LogP contribution in [-0.4, -0.2) is 46.4 Å². The number of carbonyl (C=O) groups is 2. The molecule has 2 saturated carbocycles. The maximum absolute atomic E-state index is 13.1. The number of rotatable bonds is 18. The summed E-state index contributed by atoms with van der Waals surface area (Å²) in [7, 11) is -3.57. The first-order valence-electron chi connectivity index (χ1n) is 15.5. The Morgan fingerprint density at radius 3 is 2.18 bits per heavy atom. The van der Waals surface area contributed by atoms with E-state index in [9.17, 15) is 26.8 Å². The van der Waals surface area contributed by atoms with Crippen molar-refractivity contribution in [1.29, 1.82) is 0 Å². The van der Waals surface area contributed by atoms with E-state index in [1.54, 1.807) is 12.1 Å². The smallest absolute Gasteiger partial charge is 0.387 e. The molecule has 0 radical (unpaired) electrons. The largest absolute Gasteiger partial charge is 0.491 e. The molecule has 2 fully saturated rings. The lowest BCUT2D eigenvalue weighted by molar-refractivity contribution is -0.377. The number of ether oxygens (including phenoxy) is 5. The number of nitrogens with one attached hydrogen (secondary N) is 2. The fourth-order valence-electron chi connectivity index (χ4n) is 4.69. The van der Waals surface area contributed by atoms with Gasteiger partial charge in [0.25, 0.3) is 0 Å².